The number of rotatable bonds is 2. The summed E-state index contributed by atoms with van der Waals surface area (Å²) in [7, 11) is 1.10. The lowest BCUT2D eigenvalue weighted by Crippen LogP contribution is -1.95. The van der Waals surface area contributed by atoms with Gasteiger partial charge in [-0.1, -0.05) is 12.1 Å². The molecule has 0 unspecified atom stereocenters. The molecule has 1 aromatic carbocycles. The Morgan fingerprint density at radius 1 is 1.18 bits per heavy atom. The molecule has 1 aromatic rings. The zero-order chi connectivity index (χ0) is 13.4. The summed E-state index contributed by atoms with van der Waals surface area (Å²) in [5.41, 5.74) is -0.968. The van der Waals surface area contributed by atoms with Crippen molar-refractivity contribution in [1.82, 2.24) is 0 Å². The van der Waals surface area contributed by atoms with Crippen LogP contribution in [0.25, 0.3) is 0 Å². The summed E-state index contributed by atoms with van der Waals surface area (Å²) >= 11 is 0. The molecule has 0 aliphatic rings. The summed E-state index contributed by atoms with van der Waals surface area (Å²) in [6.45, 7) is 0. The average Bonchev–Trinajstić information content (AvgIpc) is 2.29. The van der Waals surface area contributed by atoms with E-state index in [1.807, 2.05) is 0 Å². The second-order valence-corrected chi connectivity index (χ2v) is 2.47. The molecule has 17 heavy (non-hydrogen) atoms. The van der Waals surface area contributed by atoms with Gasteiger partial charge in [0, 0.05) is 12.1 Å². The third kappa shape index (κ3) is 5.06. The van der Waals surface area contributed by atoms with Gasteiger partial charge >= 0.3 is 17.5 Å². The highest BCUT2D eigenvalue weighted by Gasteiger charge is 2.21. The monoisotopic (exact) mass is 244 g/mol. The Hall–Kier alpha value is -2.71. The highest BCUT2D eigenvalue weighted by Crippen LogP contribution is 2.24. The summed E-state index contributed by atoms with van der Waals surface area (Å²) in [5.74, 6) is 0. The van der Waals surface area contributed by atoms with Crippen LogP contribution in [0.5, 0.6) is 0 Å². The molecule has 9 nitrogen and oxygen atoms in total. The minimum atomic E-state index is -1.25. The summed E-state index contributed by atoms with van der Waals surface area (Å²) in [5, 5.41) is 28.0. The number of methoxy groups -OCH3 is 1. The van der Waals surface area contributed by atoms with Gasteiger partial charge in [0.25, 0.3) is 0 Å². The molecule has 0 radical (unpaired) electrons. The molecule has 9 heteroatoms. The Kier molecular flexibility index (Phi) is 5.64. The van der Waals surface area contributed by atoms with Gasteiger partial charge < -0.3 is 9.84 Å². The molecular weight excluding hydrogens is 236 g/mol. The van der Waals surface area contributed by atoms with E-state index in [0.717, 1.165) is 19.2 Å². The molecule has 0 bridgehead atoms. The van der Waals surface area contributed by atoms with Crippen LogP contribution in [0, 0.1) is 20.2 Å². The maximum Gasteiger partial charge on any atom is 0.505 e. The number of nitro groups is 2. The first-order valence-electron chi connectivity index (χ1n) is 4.04. The van der Waals surface area contributed by atoms with Crippen LogP contribution >= 0.6 is 0 Å². The summed E-state index contributed by atoms with van der Waals surface area (Å²) in [4.78, 5) is 28.0. The maximum atomic E-state index is 10.2. The number of para-hydroxylation sites is 2. The smallest absolute Gasteiger partial charge is 0.450 e. The van der Waals surface area contributed by atoms with Crippen LogP contribution in [0.3, 0.4) is 0 Å². The molecule has 0 heterocycles. The van der Waals surface area contributed by atoms with E-state index >= 15 is 0 Å². The van der Waals surface area contributed by atoms with Crippen LogP contribution in [0.1, 0.15) is 0 Å². The number of hydrogen-bond acceptors (Lipinski definition) is 6. The molecule has 0 fully saturated rings. The summed E-state index contributed by atoms with van der Waals surface area (Å²) < 4.78 is 3.67. The first kappa shape index (κ1) is 14.3. The fourth-order valence-electron chi connectivity index (χ4n) is 0.773. The third-order valence-corrected chi connectivity index (χ3v) is 1.45. The highest BCUT2D eigenvalue weighted by atomic mass is 16.7. The quantitative estimate of drug-likeness (QED) is 0.476. The third-order valence-electron chi connectivity index (χ3n) is 1.45. The number of nitrogens with zero attached hydrogens (tertiary/aromatic N) is 2. The van der Waals surface area contributed by atoms with Gasteiger partial charge in [0.2, 0.25) is 0 Å². The van der Waals surface area contributed by atoms with E-state index in [4.69, 9.17) is 9.90 Å². The van der Waals surface area contributed by atoms with E-state index in [0.29, 0.717) is 0 Å². The summed E-state index contributed by atoms with van der Waals surface area (Å²) in [6, 6.07) is 4.95. The van der Waals surface area contributed by atoms with Crippen molar-refractivity contribution in [2.75, 3.05) is 7.11 Å². The SMILES string of the molecule is COC(=O)O.O=[N+]([O-])c1ccccc1[N+](=O)[O-]. The molecule has 0 aliphatic carbocycles. The number of carbonyl (C=O) groups is 1. The molecule has 0 spiro atoms. The fourth-order valence-corrected chi connectivity index (χ4v) is 0.773. The first-order chi connectivity index (χ1) is 7.90. The largest absolute Gasteiger partial charge is 0.505 e. The van der Waals surface area contributed by atoms with E-state index in [2.05, 4.69) is 4.74 Å². The number of benzene rings is 1. The molecule has 0 saturated carbocycles. The molecule has 0 amide bonds. The van der Waals surface area contributed by atoms with E-state index in [-0.39, 0.29) is 0 Å². The first-order valence-corrected chi connectivity index (χ1v) is 4.04. The van der Waals surface area contributed by atoms with Gasteiger partial charge in [-0.15, -0.1) is 0 Å². The van der Waals surface area contributed by atoms with Gasteiger partial charge in [-0.2, -0.15) is 0 Å². The predicted octanol–water partition coefficient (Wildman–Crippen LogP) is 1.81. The van der Waals surface area contributed by atoms with Crippen molar-refractivity contribution in [3.05, 3.63) is 44.5 Å². The van der Waals surface area contributed by atoms with Crippen LogP contribution in [-0.2, 0) is 4.74 Å². The topological polar surface area (TPSA) is 133 Å². The highest BCUT2D eigenvalue weighted by molar-refractivity contribution is 5.56. The van der Waals surface area contributed by atoms with Crippen LogP contribution in [0.15, 0.2) is 24.3 Å². The van der Waals surface area contributed by atoms with Gasteiger partial charge in [0.1, 0.15) is 0 Å². The van der Waals surface area contributed by atoms with Crippen LogP contribution in [0.2, 0.25) is 0 Å². The molecule has 0 atom stereocenters. The zero-order valence-electron chi connectivity index (χ0n) is 8.60. The Balaban J connectivity index is 0.000000437. The fraction of sp³-hybridized carbons (Fsp3) is 0.125. The lowest BCUT2D eigenvalue weighted by atomic mass is 10.3. The standard InChI is InChI=1S/C6H4N2O4.C2H4O3/c9-7(10)5-3-1-2-4-6(5)8(11)12;1-5-2(3)4/h1-4H;1H3,(H,3,4). The molecule has 0 saturated heterocycles. The van der Waals surface area contributed by atoms with E-state index in [1.54, 1.807) is 0 Å². The van der Waals surface area contributed by atoms with Crippen molar-refractivity contribution in [3.8, 4) is 0 Å². The maximum absolute atomic E-state index is 10.2. The van der Waals surface area contributed by atoms with Crippen LogP contribution in [-0.4, -0.2) is 28.2 Å². The van der Waals surface area contributed by atoms with E-state index in [1.165, 1.54) is 12.1 Å². The van der Waals surface area contributed by atoms with Crippen molar-refractivity contribution in [3.63, 3.8) is 0 Å². The van der Waals surface area contributed by atoms with Gasteiger partial charge in [0.15, 0.2) is 0 Å². The molecule has 1 N–H and O–H groups in total. The second-order valence-electron chi connectivity index (χ2n) is 2.47. The van der Waals surface area contributed by atoms with Gasteiger partial charge in [-0.05, 0) is 0 Å². The molecule has 0 aliphatic heterocycles. The van der Waals surface area contributed by atoms with Crippen molar-refractivity contribution in [2.24, 2.45) is 0 Å². The molecular formula is C8H8N2O7. The zero-order valence-corrected chi connectivity index (χ0v) is 8.60. The van der Waals surface area contributed by atoms with Gasteiger partial charge in [0.05, 0.1) is 17.0 Å². The second kappa shape index (κ2) is 6.71. The summed E-state index contributed by atoms with van der Waals surface area (Å²) in [6.07, 6.45) is -1.25. The van der Waals surface area contributed by atoms with Crippen molar-refractivity contribution in [1.29, 1.82) is 0 Å². The molecule has 92 valence electrons. The lowest BCUT2D eigenvalue weighted by molar-refractivity contribution is -0.422. The van der Waals surface area contributed by atoms with E-state index in [9.17, 15) is 20.2 Å². The number of carboxylic acid groups (broad SMARTS) is 1. The number of ether oxygens (including phenoxy) is 1. The van der Waals surface area contributed by atoms with Crippen LogP contribution in [0.4, 0.5) is 16.2 Å². The minimum absolute atomic E-state index is 0.484. The minimum Gasteiger partial charge on any atom is -0.450 e. The number of nitro benzene ring substituents is 2. The molecule has 0 aromatic heterocycles. The Morgan fingerprint density at radius 2 is 1.47 bits per heavy atom. The van der Waals surface area contributed by atoms with Crippen LogP contribution < -0.4 is 0 Å². The van der Waals surface area contributed by atoms with Crippen molar-refractivity contribution < 1.29 is 24.5 Å². The average molecular weight is 244 g/mol. The van der Waals surface area contributed by atoms with Crippen molar-refractivity contribution >= 4 is 17.5 Å². The van der Waals surface area contributed by atoms with Crippen molar-refractivity contribution in [2.45, 2.75) is 0 Å². The van der Waals surface area contributed by atoms with E-state index < -0.39 is 27.4 Å². The number of hydrogen-bond donors (Lipinski definition) is 1. The Morgan fingerprint density at radius 3 is 1.65 bits per heavy atom. The van der Waals surface area contributed by atoms with Gasteiger partial charge in [-0.3, -0.25) is 20.2 Å². The Bertz CT molecular complexity index is 399. The molecule has 1 rings (SSSR count). The predicted molar refractivity (Wildman–Crippen MR) is 54.8 cm³/mol. The lowest BCUT2D eigenvalue weighted by Gasteiger charge is -1.91. The Labute approximate surface area is 94.5 Å². The normalized spacial score (nSPS) is 8.53. The van der Waals surface area contributed by atoms with Gasteiger partial charge in [-0.25, -0.2) is 4.79 Å².